The molecule has 0 aliphatic rings. The first-order chi connectivity index (χ1) is 7.16. The van der Waals surface area contributed by atoms with Gasteiger partial charge in [-0.1, -0.05) is 6.07 Å². The quantitative estimate of drug-likeness (QED) is 0.788. The summed E-state index contributed by atoms with van der Waals surface area (Å²) in [5.74, 6) is -1.32. The second kappa shape index (κ2) is 5.60. The molecule has 1 rings (SSSR count). The molecule has 0 bridgehead atoms. The Labute approximate surface area is 91.2 Å². The molecule has 0 heterocycles. The zero-order chi connectivity index (χ0) is 11.3. The maximum absolute atomic E-state index is 13.2. The molecule has 0 saturated carbocycles. The molecular weight excluding hydrogens is 219 g/mol. The Morgan fingerprint density at radius 3 is 2.93 bits per heavy atom. The molecule has 0 saturated heterocycles. The zero-order valence-corrected chi connectivity index (χ0v) is 9.01. The molecule has 0 unspecified atom stereocenters. The largest absolute Gasteiger partial charge is 0.489 e. The molecular formula is C10H11FO3S. The van der Waals surface area contributed by atoms with Crippen LogP contribution in [-0.4, -0.2) is 29.7 Å². The van der Waals surface area contributed by atoms with Crippen molar-refractivity contribution in [1.82, 2.24) is 0 Å². The summed E-state index contributed by atoms with van der Waals surface area (Å²) in [4.78, 5) is 10.8. The second-order valence-electron chi connectivity index (χ2n) is 2.76. The zero-order valence-electron chi connectivity index (χ0n) is 8.20. The van der Waals surface area contributed by atoms with E-state index >= 15 is 0 Å². The Kier molecular flexibility index (Phi) is 4.42. The van der Waals surface area contributed by atoms with E-state index in [2.05, 4.69) is 0 Å². The van der Waals surface area contributed by atoms with Crippen LogP contribution in [0.4, 0.5) is 4.39 Å². The van der Waals surface area contributed by atoms with Crippen LogP contribution in [0.1, 0.15) is 10.4 Å². The molecule has 0 aromatic heterocycles. The smallest absolute Gasteiger partial charge is 0.339 e. The molecule has 0 spiro atoms. The van der Waals surface area contributed by atoms with Crippen LogP contribution >= 0.6 is 11.8 Å². The van der Waals surface area contributed by atoms with Crippen molar-refractivity contribution in [3.63, 3.8) is 0 Å². The Morgan fingerprint density at radius 2 is 2.33 bits per heavy atom. The van der Waals surface area contributed by atoms with Crippen LogP contribution in [0.25, 0.3) is 0 Å². The van der Waals surface area contributed by atoms with Gasteiger partial charge < -0.3 is 9.84 Å². The van der Waals surface area contributed by atoms with Crippen molar-refractivity contribution in [1.29, 1.82) is 0 Å². The topological polar surface area (TPSA) is 46.5 Å². The number of halogens is 1. The van der Waals surface area contributed by atoms with Crippen LogP contribution in [0.3, 0.4) is 0 Å². The summed E-state index contributed by atoms with van der Waals surface area (Å²) < 4.78 is 18.3. The molecule has 0 fully saturated rings. The van der Waals surface area contributed by atoms with Crippen molar-refractivity contribution in [2.24, 2.45) is 0 Å². The van der Waals surface area contributed by atoms with Crippen LogP contribution in [0.15, 0.2) is 18.2 Å². The van der Waals surface area contributed by atoms with Crippen LogP contribution in [-0.2, 0) is 0 Å². The summed E-state index contributed by atoms with van der Waals surface area (Å²) in [5, 5.41) is 8.79. The third-order valence-corrected chi connectivity index (χ3v) is 2.31. The first-order valence-corrected chi connectivity index (χ1v) is 5.69. The highest BCUT2D eigenvalue weighted by molar-refractivity contribution is 7.98. The van der Waals surface area contributed by atoms with Gasteiger partial charge in [0.1, 0.15) is 5.56 Å². The number of rotatable bonds is 5. The van der Waals surface area contributed by atoms with Crippen molar-refractivity contribution >= 4 is 17.7 Å². The van der Waals surface area contributed by atoms with E-state index in [0.717, 1.165) is 0 Å². The van der Waals surface area contributed by atoms with Gasteiger partial charge in [-0.05, 0) is 18.4 Å². The highest BCUT2D eigenvalue weighted by atomic mass is 32.2. The molecule has 5 heteroatoms. The molecule has 1 N–H and O–H groups in total. The molecule has 3 nitrogen and oxygen atoms in total. The van der Waals surface area contributed by atoms with Crippen LogP contribution in [0.2, 0.25) is 0 Å². The fourth-order valence-corrected chi connectivity index (χ4v) is 1.30. The summed E-state index contributed by atoms with van der Waals surface area (Å²) in [6.45, 7) is 0.294. The number of hydrogen-bond donors (Lipinski definition) is 1. The number of aromatic carboxylic acids is 1. The SMILES string of the molecule is CSCCOc1c(F)cccc1C(=O)O. The lowest BCUT2D eigenvalue weighted by Crippen LogP contribution is -2.07. The van der Waals surface area contributed by atoms with E-state index in [1.807, 2.05) is 6.26 Å². The van der Waals surface area contributed by atoms with Gasteiger partial charge in [0.25, 0.3) is 0 Å². The predicted molar refractivity (Wildman–Crippen MR) is 57.2 cm³/mol. The molecule has 0 radical (unpaired) electrons. The van der Waals surface area contributed by atoms with Crippen LogP contribution in [0, 0.1) is 5.82 Å². The van der Waals surface area contributed by atoms with E-state index < -0.39 is 11.8 Å². The number of para-hydroxylation sites is 1. The molecule has 0 atom stereocenters. The van der Waals surface area contributed by atoms with Crippen LogP contribution in [0.5, 0.6) is 5.75 Å². The van der Waals surface area contributed by atoms with Gasteiger partial charge in [-0.25, -0.2) is 9.18 Å². The molecule has 0 aliphatic heterocycles. The standard InChI is InChI=1S/C10H11FO3S/c1-15-6-5-14-9-7(10(12)13)3-2-4-8(9)11/h2-4H,5-6H2,1H3,(H,12,13). The maximum Gasteiger partial charge on any atom is 0.339 e. The van der Waals surface area contributed by atoms with E-state index in [1.54, 1.807) is 11.8 Å². The molecule has 0 aliphatic carbocycles. The number of benzene rings is 1. The number of carbonyl (C=O) groups is 1. The van der Waals surface area contributed by atoms with Gasteiger partial charge in [-0.3, -0.25) is 0 Å². The van der Waals surface area contributed by atoms with Gasteiger partial charge in [0.05, 0.1) is 6.61 Å². The fraction of sp³-hybridized carbons (Fsp3) is 0.300. The third-order valence-electron chi connectivity index (χ3n) is 1.73. The minimum absolute atomic E-state index is 0.142. The van der Waals surface area contributed by atoms with E-state index in [-0.39, 0.29) is 11.3 Å². The van der Waals surface area contributed by atoms with Gasteiger partial charge >= 0.3 is 5.97 Å². The summed E-state index contributed by atoms with van der Waals surface area (Å²) in [7, 11) is 0. The normalized spacial score (nSPS) is 10.0. The summed E-state index contributed by atoms with van der Waals surface area (Å²) in [6, 6.07) is 3.85. The van der Waals surface area contributed by atoms with Crippen molar-refractivity contribution in [3.05, 3.63) is 29.6 Å². The summed E-state index contributed by atoms with van der Waals surface area (Å²) >= 11 is 1.55. The number of ether oxygens (including phenoxy) is 1. The van der Waals surface area contributed by atoms with Gasteiger partial charge in [0.2, 0.25) is 0 Å². The highest BCUT2D eigenvalue weighted by Crippen LogP contribution is 2.22. The number of carboxylic acids is 1. The average molecular weight is 230 g/mol. The fourth-order valence-electron chi connectivity index (χ4n) is 1.05. The van der Waals surface area contributed by atoms with E-state index in [0.29, 0.717) is 12.4 Å². The molecule has 15 heavy (non-hydrogen) atoms. The number of hydrogen-bond acceptors (Lipinski definition) is 3. The lowest BCUT2D eigenvalue weighted by molar-refractivity contribution is 0.0691. The van der Waals surface area contributed by atoms with Gasteiger partial charge in [-0.15, -0.1) is 0 Å². The Bertz CT molecular complexity index is 355. The highest BCUT2D eigenvalue weighted by Gasteiger charge is 2.15. The molecule has 82 valence electrons. The summed E-state index contributed by atoms with van der Waals surface area (Å²) in [5.41, 5.74) is -0.142. The van der Waals surface area contributed by atoms with Crippen molar-refractivity contribution in [3.8, 4) is 5.75 Å². The van der Waals surface area contributed by atoms with Crippen LogP contribution < -0.4 is 4.74 Å². The Balaban J connectivity index is 2.87. The molecule has 1 aromatic rings. The van der Waals surface area contributed by atoms with Crippen molar-refractivity contribution in [2.45, 2.75) is 0 Å². The minimum atomic E-state index is -1.19. The van der Waals surface area contributed by atoms with E-state index in [1.165, 1.54) is 18.2 Å². The lowest BCUT2D eigenvalue weighted by atomic mass is 10.2. The number of carboxylic acid groups (broad SMARTS) is 1. The Hall–Kier alpha value is -1.23. The maximum atomic E-state index is 13.2. The minimum Gasteiger partial charge on any atom is -0.489 e. The first-order valence-electron chi connectivity index (χ1n) is 4.30. The van der Waals surface area contributed by atoms with Crippen molar-refractivity contribution < 1.29 is 19.0 Å². The van der Waals surface area contributed by atoms with Crippen molar-refractivity contribution in [2.75, 3.05) is 18.6 Å². The second-order valence-corrected chi connectivity index (χ2v) is 3.75. The monoisotopic (exact) mass is 230 g/mol. The van der Waals surface area contributed by atoms with E-state index in [4.69, 9.17) is 9.84 Å². The third kappa shape index (κ3) is 3.13. The predicted octanol–water partition coefficient (Wildman–Crippen LogP) is 2.27. The molecule has 1 aromatic carbocycles. The van der Waals surface area contributed by atoms with Gasteiger partial charge in [0.15, 0.2) is 11.6 Å². The lowest BCUT2D eigenvalue weighted by Gasteiger charge is -2.08. The molecule has 0 amide bonds. The average Bonchev–Trinajstić information content (AvgIpc) is 2.20. The number of thioether (sulfide) groups is 1. The van der Waals surface area contributed by atoms with Gasteiger partial charge in [0, 0.05) is 5.75 Å². The van der Waals surface area contributed by atoms with Gasteiger partial charge in [-0.2, -0.15) is 11.8 Å². The first kappa shape index (κ1) is 11.8. The summed E-state index contributed by atoms with van der Waals surface area (Å²) in [6.07, 6.45) is 1.89. The van der Waals surface area contributed by atoms with E-state index in [9.17, 15) is 9.18 Å². The Morgan fingerprint density at radius 1 is 1.60 bits per heavy atom.